The molecule has 5 nitrogen and oxygen atoms in total. The molecule has 1 aromatic rings. The van der Waals surface area contributed by atoms with Gasteiger partial charge in [0.1, 0.15) is 6.07 Å². The lowest BCUT2D eigenvalue weighted by Gasteiger charge is -2.36. The first-order chi connectivity index (χ1) is 10.7. The molecule has 22 heavy (non-hydrogen) atoms. The summed E-state index contributed by atoms with van der Waals surface area (Å²) in [5.74, 6) is 0.205. The predicted octanol–water partition coefficient (Wildman–Crippen LogP) is 1.55. The van der Waals surface area contributed by atoms with Crippen LogP contribution in [-0.4, -0.2) is 61.5 Å². The molecule has 0 saturated carbocycles. The molecule has 2 rings (SSSR count). The molecule has 0 aliphatic carbocycles. The Kier molecular flexibility index (Phi) is 5.79. The van der Waals surface area contributed by atoms with E-state index in [4.69, 9.17) is 0 Å². The number of para-hydroxylation sites is 1. The Bertz CT molecular complexity index is 540. The molecule has 1 saturated heterocycles. The number of amides is 1. The van der Waals surface area contributed by atoms with Gasteiger partial charge in [-0.05, 0) is 26.0 Å². The molecule has 0 unspecified atom stereocenters. The summed E-state index contributed by atoms with van der Waals surface area (Å²) in [5, 5.41) is 9.20. The normalized spacial score (nSPS) is 15.4. The third-order valence-electron chi connectivity index (χ3n) is 4.21. The highest BCUT2D eigenvalue weighted by Crippen LogP contribution is 2.20. The van der Waals surface area contributed by atoms with Crippen molar-refractivity contribution >= 4 is 11.6 Å². The first-order valence-electron chi connectivity index (χ1n) is 7.93. The molecule has 118 valence electrons. The van der Waals surface area contributed by atoms with Gasteiger partial charge in [0.15, 0.2) is 0 Å². The van der Waals surface area contributed by atoms with Crippen LogP contribution in [0.2, 0.25) is 0 Å². The van der Waals surface area contributed by atoms with E-state index in [0.717, 1.165) is 50.5 Å². The summed E-state index contributed by atoms with van der Waals surface area (Å²) in [4.78, 5) is 18.5. The predicted molar refractivity (Wildman–Crippen MR) is 87.7 cm³/mol. The first-order valence-corrected chi connectivity index (χ1v) is 7.93. The van der Waals surface area contributed by atoms with Crippen molar-refractivity contribution in [1.82, 2.24) is 9.80 Å². The van der Waals surface area contributed by atoms with Gasteiger partial charge in [0.05, 0.1) is 17.8 Å². The van der Waals surface area contributed by atoms with Crippen LogP contribution in [0.15, 0.2) is 24.3 Å². The summed E-state index contributed by atoms with van der Waals surface area (Å²) in [5.41, 5.74) is 1.72. The summed E-state index contributed by atoms with van der Waals surface area (Å²) >= 11 is 0. The average molecular weight is 300 g/mol. The largest absolute Gasteiger partial charge is 0.368 e. The minimum absolute atomic E-state index is 0.205. The maximum atomic E-state index is 12.2. The Labute approximate surface area is 132 Å². The second-order valence-electron chi connectivity index (χ2n) is 5.46. The fourth-order valence-corrected chi connectivity index (χ4v) is 2.86. The van der Waals surface area contributed by atoms with Crippen molar-refractivity contribution in [2.75, 3.05) is 50.7 Å². The molecule has 1 aliphatic heterocycles. The fourth-order valence-electron chi connectivity index (χ4n) is 2.86. The number of anilines is 1. The van der Waals surface area contributed by atoms with Gasteiger partial charge in [-0.25, -0.2) is 0 Å². The number of piperazine rings is 1. The van der Waals surface area contributed by atoms with Crippen LogP contribution in [-0.2, 0) is 4.79 Å². The van der Waals surface area contributed by atoms with Gasteiger partial charge in [-0.15, -0.1) is 0 Å². The Morgan fingerprint density at radius 3 is 2.41 bits per heavy atom. The van der Waals surface area contributed by atoms with Gasteiger partial charge in [0.2, 0.25) is 5.91 Å². The Balaban J connectivity index is 1.91. The van der Waals surface area contributed by atoms with Crippen molar-refractivity contribution in [3.05, 3.63) is 29.8 Å². The van der Waals surface area contributed by atoms with Crippen LogP contribution >= 0.6 is 0 Å². The van der Waals surface area contributed by atoms with Crippen LogP contribution < -0.4 is 4.90 Å². The van der Waals surface area contributed by atoms with Gasteiger partial charge in [0.25, 0.3) is 0 Å². The number of rotatable bonds is 5. The molecule has 0 bridgehead atoms. The number of benzene rings is 1. The number of likely N-dealkylation sites (N-methyl/N-ethyl adjacent to an activating group) is 1. The zero-order chi connectivity index (χ0) is 15.9. The monoisotopic (exact) mass is 300 g/mol. The molecular formula is C17H24N4O. The topological polar surface area (TPSA) is 50.6 Å². The van der Waals surface area contributed by atoms with Crippen molar-refractivity contribution in [2.45, 2.75) is 13.8 Å². The quantitative estimate of drug-likeness (QED) is 0.828. The third kappa shape index (κ3) is 3.77. The lowest BCUT2D eigenvalue weighted by molar-refractivity contribution is -0.132. The van der Waals surface area contributed by atoms with E-state index in [1.807, 2.05) is 43.0 Å². The van der Waals surface area contributed by atoms with Crippen LogP contribution in [0.1, 0.15) is 19.4 Å². The highest BCUT2D eigenvalue weighted by molar-refractivity contribution is 5.78. The molecule has 0 atom stereocenters. The molecule has 0 spiro atoms. The van der Waals surface area contributed by atoms with Crippen LogP contribution in [0.25, 0.3) is 0 Å². The molecule has 1 amide bonds. The summed E-state index contributed by atoms with van der Waals surface area (Å²) in [6.45, 7) is 9.47. The number of carbonyl (C=O) groups is 1. The van der Waals surface area contributed by atoms with Crippen molar-refractivity contribution < 1.29 is 4.79 Å². The minimum atomic E-state index is 0.205. The van der Waals surface area contributed by atoms with E-state index < -0.39 is 0 Å². The average Bonchev–Trinajstić information content (AvgIpc) is 2.56. The lowest BCUT2D eigenvalue weighted by atomic mass is 10.1. The number of nitriles is 1. The van der Waals surface area contributed by atoms with Crippen molar-refractivity contribution in [3.8, 4) is 6.07 Å². The van der Waals surface area contributed by atoms with E-state index in [1.165, 1.54) is 0 Å². The standard InChI is InChI=1S/C17H24N4O/c1-3-20(4-2)17(22)14-19-9-11-21(12-10-19)16-8-6-5-7-15(16)13-18/h5-8H,3-4,9-12,14H2,1-2H3. The van der Waals surface area contributed by atoms with Crippen LogP contribution in [0, 0.1) is 11.3 Å². The Morgan fingerprint density at radius 2 is 1.82 bits per heavy atom. The van der Waals surface area contributed by atoms with E-state index >= 15 is 0 Å². The van der Waals surface area contributed by atoms with Gasteiger partial charge >= 0.3 is 0 Å². The number of carbonyl (C=O) groups excluding carboxylic acids is 1. The highest BCUT2D eigenvalue weighted by Gasteiger charge is 2.21. The molecule has 5 heteroatoms. The smallest absolute Gasteiger partial charge is 0.236 e. The second-order valence-corrected chi connectivity index (χ2v) is 5.46. The summed E-state index contributed by atoms with van der Waals surface area (Å²) in [6.07, 6.45) is 0. The van der Waals surface area contributed by atoms with Crippen LogP contribution in [0.3, 0.4) is 0 Å². The SMILES string of the molecule is CCN(CC)C(=O)CN1CCN(c2ccccc2C#N)CC1. The maximum absolute atomic E-state index is 12.2. The van der Waals surface area contributed by atoms with Gasteiger partial charge in [-0.3, -0.25) is 9.69 Å². The van der Waals surface area contributed by atoms with E-state index in [2.05, 4.69) is 15.9 Å². The molecule has 1 aliphatic rings. The van der Waals surface area contributed by atoms with E-state index in [9.17, 15) is 10.1 Å². The molecule has 0 aromatic heterocycles. The van der Waals surface area contributed by atoms with Gasteiger partial charge in [-0.2, -0.15) is 5.26 Å². The Morgan fingerprint density at radius 1 is 1.18 bits per heavy atom. The Hall–Kier alpha value is -2.06. The van der Waals surface area contributed by atoms with E-state index in [1.54, 1.807) is 0 Å². The van der Waals surface area contributed by atoms with Crippen molar-refractivity contribution in [3.63, 3.8) is 0 Å². The van der Waals surface area contributed by atoms with Crippen LogP contribution in [0.5, 0.6) is 0 Å². The van der Waals surface area contributed by atoms with Crippen molar-refractivity contribution in [2.24, 2.45) is 0 Å². The summed E-state index contributed by atoms with van der Waals surface area (Å²) in [7, 11) is 0. The van der Waals surface area contributed by atoms with Gasteiger partial charge in [-0.1, -0.05) is 12.1 Å². The lowest BCUT2D eigenvalue weighted by Crippen LogP contribution is -2.50. The number of hydrogen-bond donors (Lipinski definition) is 0. The summed E-state index contributed by atoms with van der Waals surface area (Å²) < 4.78 is 0. The molecule has 1 heterocycles. The van der Waals surface area contributed by atoms with Crippen LogP contribution in [0.4, 0.5) is 5.69 Å². The summed E-state index contributed by atoms with van der Waals surface area (Å²) in [6, 6.07) is 9.95. The molecule has 1 aromatic carbocycles. The number of hydrogen-bond acceptors (Lipinski definition) is 4. The zero-order valence-corrected chi connectivity index (χ0v) is 13.5. The molecule has 1 fully saturated rings. The number of nitrogens with zero attached hydrogens (tertiary/aromatic N) is 4. The molecular weight excluding hydrogens is 276 g/mol. The second kappa shape index (κ2) is 7.81. The third-order valence-corrected chi connectivity index (χ3v) is 4.21. The molecule has 0 radical (unpaired) electrons. The zero-order valence-electron chi connectivity index (χ0n) is 13.5. The highest BCUT2D eigenvalue weighted by atomic mass is 16.2. The van der Waals surface area contributed by atoms with E-state index in [0.29, 0.717) is 6.54 Å². The molecule has 0 N–H and O–H groups in total. The van der Waals surface area contributed by atoms with Crippen molar-refractivity contribution in [1.29, 1.82) is 5.26 Å². The fraction of sp³-hybridized carbons (Fsp3) is 0.529. The van der Waals surface area contributed by atoms with Gasteiger partial charge < -0.3 is 9.80 Å². The maximum Gasteiger partial charge on any atom is 0.236 e. The van der Waals surface area contributed by atoms with E-state index in [-0.39, 0.29) is 5.91 Å². The van der Waals surface area contributed by atoms with Gasteiger partial charge in [0, 0.05) is 39.3 Å². The first kappa shape index (κ1) is 16.3. The minimum Gasteiger partial charge on any atom is -0.368 e.